The number of hydrogen-bond donors (Lipinski definition) is 1. The number of carbonyl (C=O) groups excluding carboxylic acids is 1. The molecule has 2 fully saturated rings. The van der Waals surface area contributed by atoms with Gasteiger partial charge in [0, 0.05) is 19.1 Å². The van der Waals surface area contributed by atoms with Crippen LogP contribution in [-0.2, 0) is 9.53 Å². The van der Waals surface area contributed by atoms with E-state index in [2.05, 4.69) is 31.0 Å². The summed E-state index contributed by atoms with van der Waals surface area (Å²) in [6.45, 7) is 12.5. The third kappa shape index (κ3) is 4.94. The number of morpholine rings is 1. The molecule has 2 saturated heterocycles. The summed E-state index contributed by atoms with van der Waals surface area (Å²) in [7, 11) is 0. The zero-order chi connectivity index (χ0) is 15.2. The predicted molar refractivity (Wildman–Crippen MR) is 84.3 cm³/mol. The lowest BCUT2D eigenvalue weighted by Gasteiger charge is -2.38. The zero-order valence-corrected chi connectivity index (χ0v) is 13.8. The predicted octanol–water partition coefficient (Wildman–Crippen LogP) is 0.944. The molecular formula is C16H31N3O2. The molecule has 0 aliphatic carbocycles. The van der Waals surface area contributed by atoms with Gasteiger partial charge in [-0.2, -0.15) is 0 Å². The Morgan fingerprint density at radius 3 is 2.33 bits per heavy atom. The summed E-state index contributed by atoms with van der Waals surface area (Å²) < 4.78 is 5.32. The quantitative estimate of drug-likeness (QED) is 0.820. The lowest BCUT2D eigenvalue weighted by molar-refractivity contribution is -0.141. The molecule has 0 aromatic carbocycles. The Morgan fingerprint density at radius 1 is 1.14 bits per heavy atom. The van der Waals surface area contributed by atoms with Crippen molar-refractivity contribution in [1.82, 2.24) is 15.1 Å². The summed E-state index contributed by atoms with van der Waals surface area (Å²) in [5.74, 6) is 1.03. The first-order valence-corrected chi connectivity index (χ1v) is 8.42. The van der Waals surface area contributed by atoms with Gasteiger partial charge in [-0.3, -0.25) is 9.69 Å². The van der Waals surface area contributed by atoms with Crippen LogP contribution in [-0.4, -0.2) is 73.7 Å². The van der Waals surface area contributed by atoms with Crippen LogP contribution < -0.4 is 5.32 Å². The van der Waals surface area contributed by atoms with Gasteiger partial charge in [0.1, 0.15) is 0 Å². The molecule has 1 amide bonds. The number of carbonyl (C=O) groups is 1. The highest BCUT2D eigenvalue weighted by atomic mass is 16.5. The van der Waals surface area contributed by atoms with Gasteiger partial charge in [0.15, 0.2) is 0 Å². The molecule has 5 heteroatoms. The summed E-state index contributed by atoms with van der Waals surface area (Å²) in [5.41, 5.74) is 0. The van der Waals surface area contributed by atoms with Crippen molar-refractivity contribution in [2.75, 3.05) is 45.9 Å². The highest BCUT2D eigenvalue weighted by molar-refractivity contribution is 5.81. The molecule has 1 unspecified atom stereocenters. The van der Waals surface area contributed by atoms with Gasteiger partial charge in [-0.15, -0.1) is 0 Å². The number of ether oxygens (including phenoxy) is 1. The van der Waals surface area contributed by atoms with Crippen molar-refractivity contribution in [1.29, 1.82) is 0 Å². The van der Waals surface area contributed by atoms with Crippen LogP contribution in [0, 0.1) is 5.92 Å². The Kier molecular flexibility index (Phi) is 6.45. The Labute approximate surface area is 129 Å². The number of hydrogen-bond acceptors (Lipinski definition) is 4. The molecule has 0 radical (unpaired) electrons. The second-order valence-electron chi connectivity index (χ2n) is 6.66. The fraction of sp³-hybridized carbons (Fsp3) is 0.938. The Morgan fingerprint density at radius 2 is 1.76 bits per heavy atom. The number of nitrogens with zero attached hydrogens (tertiary/aromatic N) is 2. The minimum absolute atomic E-state index is 0.0158. The number of nitrogens with one attached hydrogen (secondary N) is 1. The molecule has 1 N–H and O–H groups in total. The second kappa shape index (κ2) is 8.11. The first-order valence-electron chi connectivity index (χ1n) is 8.42. The van der Waals surface area contributed by atoms with Crippen LogP contribution in [0.2, 0.25) is 0 Å². The smallest absolute Gasteiger partial charge is 0.239 e. The monoisotopic (exact) mass is 297 g/mol. The molecule has 0 saturated carbocycles. The van der Waals surface area contributed by atoms with Gasteiger partial charge in [-0.05, 0) is 45.3 Å². The molecule has 2 rings (SSSR count). The van der Waals surface area contributed by atoms with Crippen LogP contribution in [0.25, 0.3) is 0 Å². The van der Waals surface area contributed by atoms with Crippen LogP contribution in [0.15, 0.2) is 0 Å². The fourth-order valence-corrected chi connectivity index (χ4v) is 3.15. The normalized spacial score (nSPS) is 23.5. The van der Waals surface area contributed by atoms with E-state index in [-0.39, 0.29) is 11.9 Å². The van der Waals surface area contributed by atoms with Crippen LogP contribution in [0.4, 0.5) is 0 Å². The summed E-state index contributed by atoms with van der Waals surface area (Å²) in [6, 6.07) is 0.576. The fourth-order valence-electron chi connectivity index (χ4n) is 3.15. The van der Waals surface area contributed by atoms with E-state index in [1.165, 1.54) is 12.8 Å². The Hall–Kier alpha value is -0.650. The zero-order valence-electron chi connectivity index (χ0n) is 13.8. The van der Waals surface area contributed by atoms with E-state index in [1.54, 1.807) is 0 Å². The number of amides is 1. The Balaban J connectivity index is 1.74. The van der Waals surface area contributed by atoms with Gasteiger partial charge >= 0.3 is 0 Å². The molecule has 1 atom stereocenters. The molecule has 21 heavy (non-hydrogen) atoms. The highest BCUT2D eigenvalue weighted by Gasteiger charge is 2.29. The van der Waals surface area contributed by atoms with E-state index >= 15 is 0 Å². The van der Waals surface area contributed by atoms with E-state index in [9.17, 15) is 4.79 Å². The molecule has 2 aliphatic rings. The molecule has 2 aliphatic heterocycles. The topological polar surface area (TPSA) is 44.8 Å². The van der Waals surface area contributed by atoms with E-state index in [1.807, 2.05) is 4.90 Å². The standard InChI is InChI=1S/C16H31N3O2/c1-13(2)17-12-15-4-6-18(7-5-15)14(3)16(20)19-8-10-21-11-9-19/h13-15,17H,4-12H2,1-3H3. The van der Waals surface area contributed by atoms with Crippen molar-refractivity contribution in [3.8, 4) is 0 Å². The summed E-state index contributed by atoms with van der Waals surface area (Å²) in [4.78, 5) is 16.8. The maximum atomic E-state index is 12.5. The number of rotatable bonds is 5. The average Bonchev–Trinajstić information content (AvgIpc) is 2.53. The maximum absolute atomic E-state index is 12.5. The minimum atomic E-state index is 0.0158. The summed E-state index contributed by atoms with van der Waals surface area (Å²) in [5, 5.41) is 3.53. The largest absolute Gasteiger partial charge is 0.378 e. The Bertz CT molecular complexity index is 321. The van der Waals surface area contributed by atoms with Crippen molar-refractivity contribution in [2.45, 2.75) is 45.7 Å². The average molecular weight is 297 g/mol. The van der Waals surface area contributed by atoms with Gasteiger partial charge in [-0.1, -0.05) is 13.8 Å². The first kappa shape index (κ1) is 16.7. The van der Waals surface area contributed by atoms with E-state index in [4.69, 9.17) is 4.74 Å². The lowest BCUT2D eigenvalue weighted by atomic mass is 9.95. The molecule has 122 valence electrons. The van der Waals surface area contributed by atoms with E-state index < -0.39 is 0 Å². The number of piperidine rings is 1. The SMILES string of the molecule is CC(C)NCC1CCN(C(C)C(=O)N2CCOCC2)CC1. The van der Waals surface area contributed by atoms with E-state index in [0.29, 0.717) is 19.3 Å². The minimum Gasteiger partial charge on any atom is -0.378 e. The third-order valence-electron chi connectivity index (χ3n) is 4.69. The van der Waals surface area contributed by atoms with Crippen LogP contribution in [0.1, 0.15) is 33.6 Å². The van der Waals surface area contributed by atoms with Crippen molar-refractivity contribution >= 4 is 5.91 Å². The molecule has 5 nitrogen and oxygen atoms in total. The van der Waals surface area contributed by atoms with Gasteiger partial charge < -0.3 is 15.0 Å². The third-order valence-corrected chi connectivity index (χ3v) is 4.69. The van der Waals surface area contributed by atoms with Crippen LogP contribution in [0.5, 0.6) is 0 Å². The first-order chi connectivity index (χ1) is 10.1. The van der Waals surface area contributed by atoms with Gasteiger partial charge in [0.25, 0.3) is 0 Å². The number of likely N-dealkylation sites (tertiary alicyclic amines) is 1. The molecule has 0 spiro atoms. The molecular weight excluding hydrogens is 266 g/mol. The van der Waals surface area contributed by atoms with Crippen LogP contribution in [0.3, 0.4) is 0 Å². The van der Waals surface area contributed by atoms with Gasteiger partial charge in [0.05, 0.1) is 19.3 Å². The molecule has 0 aromatic heterocycles. The van der Waals surface area contributed by atoms with Crippen molar-refractivity contribution in [3.05, 3.63) is 0 Å². The lowest BCUT2D eigenvalue weighted by Crippen LogP contribution is -2.52. The highest BCUT2D eigenvalue weighted by Crippen LogP contribution is 2.19. The van der Waals surface area contributed by atoms with Crippen molar-refractivity contribution in [3.63, 3.8) is 0 Å². The second-order valence-corrected chi connectivity index (χ2v) is 6.66. The molecule has 0 aromatic rings. The summed E-state index contributed by atoms with van der Waals surface area (Å²) in [6.07, 6.45) is 2.39. The molecule has 2 heterocycles. The summed E-state index contributed by atoms with van der Waals surface area (Å²) >= 11 is 0. The molecule has 0 bridgehead atoms. The van der Waals surface area contributed by atoms with Crippen molar-refractivity contribution in [2.24, 2.45) is 5.92 Å². The van der Waals surface area contributed by atoms with Crippen LogP contribution >= 0.6 is 0 Å². The van der Waals surface area contributed by atoms with Gasteiger partial charge in [-0.25, -0.2) is 0 Å². The maximum Gasteiger partial charge on any atom is 0.239 e. The van der Waals surface area contributed by atoms with Gasteiger partial charge in [0.2, 0.25) is 5.91 Å². The van der Waals surface area contributed by atoms with E-state index in [0.717, 1.165) is 38.6 Å². The van der Waals surface area contributed by atoms with Crippen molar-refractivity contribution < 1.29 is 9.53 Å².